The molecule has 0 radical (unpaired) electrons. The Morgan fingerprint density at radius 3 is 1.72 bits per heavy atom. The largest absolute Gasteiger partial charge is 0.396 e. The van der Waals surface area contributed by atoms with E-state index in [1.165, 1.54) is 115 Å². The predicted octanol–water partition coefficient (Wildman–Crippen LogP) is 7.12. The van der Waals surface area contributed by atoms with Gasteiger partial charge in [0, 0.05) is 13.5 Å². The molecule has 0 aliphatic carbocycles. The van der Waals surface area contributed by atoms with Gasteiger partial charge in [-0.1, -0.05) is 90.4 Å². The standard InChI is InChI=1S/C26H51N2O/c1-3-4-5-6-7-8-9-10-11-12-13-14-15-18-21-27-23-24-28(26(27)2)22-19-16-17-20-25-29/h23-24,29H,3-22,25H2,1-2H3/q+1. The monoisotopic (exact) mass is 407 g/mol. The third-order valence-corrected chi connectivity index (χ3v) is 6.32. The van der Waals surface area contributed by atoms with E-state index >= 15 is 0 Å². The van der Waals surface area contributed by atoms with Crippen LogP contribution in [0.25, 0.3) is 0 Å². The van der Waals surface area contributed by atoms with E-state index in [0.717, 1.165) is 19.4 Å². The zero-order chi connectivity index (χ0) is 21.0. The first-order valence-electron chi connectivity index (χ1n) is 13.0. The Labute approximate surface area is 181 Å². The SMILES string of the molecule is CCCCCCCCCCCCCCCC[n+]1ccn(CCCCCCO)c1C. The molecule has 1 rings (SSSR count). The van der Waals surface area contributed by atoms with E-state index in [1.807, 2.05) is 0 Å². The number of hydrogen-bond donors (Lipinski definition) is 1. The zero-order valence-corrected chi connectivity index (χ0v) is 19.8. The summed E-state index contributed by atoms with van der Waals surface area (Å²) in [5.41, 5.74) is 0. The summed E-state index contributed by atoms with van der Waals surface area (Å²) in [5.74, 6) is 1.39. The number of hydrogen-bond acceptors (Lipinski definition) is 1. The fourth-order valence-electron chi connectivity index (χ4n) is 4.24. The van der Waals surface area contributed by atoms with Crippen molar-refractivity contribution in [1.29, 1.82) is 0 Å². The quantitative estimate of drug-likeness (QED) is 0.171. The molecule has 1 heterocycles. The second-order valence-electron chi connectivity index (χ2n) is 8.97. The van der Waals surface area contributed by atoms with Crippen molar-refractivity contribution < 1.29 is 9.67 Å². The van der Waals surface area contributed by atoms with Crippen LogP contribution in [0.3, 0.4) is 0 Å². The summed E-state index contributed by atoms with van der Waals surface area (Å²) < 4.78 is 4.82. The average Bonchev–Trinajstić information content (AvgIpc) is 3.07. The minimum Gasteiger partial charge on any atom is -0.396 e. The second kappa shape index (κ2) is 19.2. The molecule has 0 atom stereocenters. The van der Waals surface area contributed by atoms with Crippen molar-refractivity contribution in [3.8, 4) is 0 Å². The van der Waals surface area contributed by atoms with Crippen LogP contribution >= 0.6 is 0 Å². The van der Waals surface area contributed by atoms with Crippen molar-refractivity contribution in [3.05, 3.63) is 18.2 Å². The van der Waals surface area contributed by atoms with E-state index < -0.39 is 0 Å². The van der Waals surface area contributed by atoms with Crippen molar-refractivity contribution in [3.63, 3.8) is 0 Å². The lowest BCUT2D eigenvalue weighted by Crippen LogP contribution is -2.35. The van der Waals surface area contributed by atoms with Crippen molar-refractivity contribution in [2.45, 2.75) is 143 Å². The zero-order valence-electron chi connectivity index (χ0n) is 19.8. The Balaban J connectivity index is 1.92. The van der Waals surface area contributed by atoms with Gasteiger partial charge >= 0.3 is 0 Å². The number of rotatable bonds is 21. The molecule has 3 nitrogen and oxygen atoms in total. The average molecular weight is 408 g/mol. The van der Waals surface area contributed by atoms with Crippen LogP contribution < -0.4 is 4.57 Å². The lowest BCUT2D eigenvalue weighted by Gasteiger charge is -2.04. The Bertz CT molecular complexity index is 469. The first-order chi connectivity index (χ1) is 14.3. The van der Waals surface area contributed by atoms with Gasteiger partial charge in [0.1, 0.15) is 12.4 Å². The van der Waals surface area contributed by atoms with E-state index in [9.17, 15) is 0 Å². The van der Waals surface area contributed by atoms with Gasteiger partial charge in [-0.15, -0.1) is 0 Å². The van der Waals surface area contributed by atoms with Gasteiger partial charge in [0.15, 0.2) is 0 Å². The fourth-order valence-corrected chi connectivity index (χ4v) is 4.24. The van der Waals surface area contributed by atoms with Crippen LogP contribution in [0.1, 0.15) is 128 Å². The molecular formula is C26H51N2O+. The Morgan fingerprint density at radius 1 is 0.690 bits per heavy atom. The summed E-state index contributed by atoms with van der Waals surface area (Å²) >= 11 is 0. The lowest BCUT2D eigenvalue weighted by atomic mass is 10.0. The summed E-state index contributed by atoms with van der Waals surface area (Å²) in [6.45, 7) is 7.16. The molecule has 0 bridgehead atoms. The number of unbranched alkanes of at least 4 members (excludes halogenated alkanes) is 16. The fraction of sp³-hybridized carbons (Fsp3) is 0.885. The third-order valence-electron chi connectivity index (χ3n) is 6.32. The molecule has 170 valence electrons. The normalized spacial score (nSPS) is 11.4. The minimum absolute atomic E-state index is 0.335. The molecule has 1 N–H and O–H groups in total. The number of aliphatic hydroxyl groups is 1. The lowest BCUT2D eigenvalue weighted by molar-refractivity contribution is -0.702. The summed E-state index contributed by atoms with van der Waals surface area (Å²) in [6.07, 6.45) is 29.0. The van der Waals surface area contributed by atoms with Gasteiger partial charge in [-0.3, -0.25) is 0 Å². The summed E-state index contributed by atoms with van der Waals surface area (Å²) in [4.78, 5) is 0. The van der Waals surface area contributed by atoms with Gasteiger partial charge in [-0.2, -0.15) is 0 Å². The number of aryl methyl sites for hydroxylation is 2. The van der Waals surface area contributed by atoms with Crippen LogP contribution in [-0.2, 0) is 13.1 Å². The first kappa shape index (κ1) is 26.2. The Morgan fingerprint density at radius 2 is 1.17 bits per heavy atom. The van der Waals surface area contributed by atoms with Crippen LogP contribution in [0.15, 0.2) is 12.4 Å². The smallest absolute Gasteiger partial charge is 0.253 e. The van der Waals surface area contributed by atoms with E-state index in [4.69, 9.17) is 5.11 Å². The summed E-state index contributed by atoms with van der Waals surface area (Å²) in [7, 11) is 0. The topological polar surface area (TPSA) is 29.0 Å². The predicted molar refractivity (Wildman–Crippen MR) is 125 cm³/mol. The van der Waals surface area contributed by atoms with Crippen LogP contribution in [0.2, 0.25) is 0 Å². The highest BCUT2D eigenvalue weighted by atomic mass is 16.2. The molecule has 0 saturated heterocycles. The van der Waals surface area contributed by atoms with Crippen LogP contribution in [0.5, 0.6) is 0 Å². The maximum atomic E-state index is 8.85. The van der Waals surface area contributed by atoms with Crippen molar-refractivity contribution in [2.75, 3.05) is 6.61 Å². The van der Waals surface area contributed by atoms with Crippen molar-refractivity contribution >= 4 is 0 Å². The minimum atomic E-state index is 0.335. The van der Waals surface area contributed by atoms with Crippen molar-refractivity contribution in [1.82, 2.24) is 4.57 Å². The van der Waals surface area contributed by atoms with Gasteiger partial charge in [-0.25, -0.2) is 9.13 Å². The van der Waals surface area contributed by atoms with Crippen LogP contribution in [0.4, 0.5) is 0 Å². The molecule has 1 aromatic rings. The van der Waals surface area contributed by atoms with Gasteiger partial charge in [0.05, 0.1) is 13.1 Å². The van der Waals surface area contributed by atoms with E-state index in [2.05, 4.69) is 35.4 Å². The van der Waals surface area contributed by atoms with Gasteiger partial charge < -0.3 is 5.11 Å². The molecule has 0 unspecified atom stereocenters. The maximum absolute atomic E-state index is 8.85. The van der Waals surface area contributed by atoms with E-state index in [1.54, 1.807) is 0 Å². The molecule has 1 aromatic heterocycles. The molecular weight excluding hydrogens is 356 g/mol. The number of imidazole rings is 1. The van der Waals surface area contributed by atoms with Crippen LogP contribution in [-0.4, -0.2) is 16.3 Å². The number of nitrogens with zero attached hydrogens (tertiary/aromatic N) is 2. The molecule has 0 aliphatic rings. The van der Waals surface area contributed by atoms with Gasteiger partial charge in [0.2, 0.25) is 0 Å². The molecule has 29 heavy (non-hydrogen) atoms. The highest BCUT2D eigenvalue weighted by Crippen LogP contribution is 2.13. The summed E-state index contributed by atoms with van der Waals surface area (Å²) in [6, 6.07) is 0. The van der Waals surface area contributed by atoms with Gasteiger partial charge in [0.25, 0.3) is 5.82 Å². The first-order valence-corrected chi connectivity index (χ1v) is 13.0. The number of aliphatic hydroxyl groups excluding tert-OH is 1. The van der Waals surface area contributed by atoms with Crippen molar-refractivity contribution in [2.24, 2.45) is 0 Å². The highest BCUT2D eigenvalue weighted by molar-refractivity contribution is 4.79. The third kappa shape index (κ3) is 13.9. The van der Waals surface area contributed by atoms with Gasteiger partial charge in [-0.05, 0) is 32.1 Å². The molecule has 0 fully saturated rings. The second-order valence-corrected chi connectivity index (χ2v) is 8.97. The van der Waals surface area contributed by atoms with E-state index in [-0.39, 0.29) is 0 Å². The maximum Gasteiger partial charge on any atom is 0.253 e. The molecule has 0 saturated carbocycles. The Hall–Kier alpha value is -0.830. The molecule has 0 aliphatic heterocycles. The summed E-state index contributed by atoms with van der Waals surface area (Å²) in [5, 5.41) is 8.85. The molecule has 3 heteroatoms. The molecule has 0 amide bonds. The number of aromatic nitrogens is 2. The highest BCUT2D eigenvalue weighted by Gasteiger charge is 2.11. The van der Waals surface area contributed by atoms with E-state index in [0.29, 0.717) is 6.61 Å². The van der Waals surface area contributed by atoms with Crippen LogP contribution in [0, 0.1) is 6.92 Å². The molecule has 0 aromatic carbocycles. The molecule has 0 spiro atoms. The Kier molecular flexibility index (Phi) is 17.3.